The number of nitrogens with two attached hydrogens (primary N) is 2. The molecule has 8 N–H and O–H groups in total. The predicted molar refractivity (Wildman–Crippen MR) is 177 cm³/mol. The van der Waals surface area contributed by atoms with Crippen LogP contribution in [0, 0.1) is 0 Å². The fraction of sp³-hybridized carbons (Fsp3) is 0.500. The van der Waals surface area contributed by atoms with Gasteiger partial charge in [-0.1, -0.05) is 0 Å². The number of pyridine rings is 4. The zero-order valence-corrected chi connectivity index (χ0v) is 25.8. The van der Waals surface area contributed by atoms with Crippen LogP contribution in [-0.4, -0.2) is 108 Å². The zero-order chi connectivity index (χ0) is 30.4. The van der Waals surface area contributed by atoms with Crippen LogP contribution in [0.15, 0.2) is 48.5 Å². The Labute approximate surface area is 260 Å². The third-order valence-electron chi connectivity index (χ3n) is 7.87. The highest BCUT2D eigenvalue weighted by atomic mass is 15.2. The zero-order valence-electron chi connectivity index (χ0n) is 25.8. The van der Waals surface area contributed by atoms with Crippen LogP contribution in [-0.2, 0) is 26.2 Å². The van der Waals surface area contributed by atoms with Gasteiger partial charge in [0.1, 0.15) is 0 Å². The standard InChI is InChI=1S/C32H48N12/c33-9-15-43-17-11-35-21-27-5-1-25-2-6-28(40-31(25)39-27)22-36-12-18-44(16-10-34)20-14-38-24-30-8-4-26-3-7-29(23-37-13-19-43)41-32(26)42-30/h1-8,35-38H,9-24,33-34H2. The van der Waals surface area contributed by atoms with Crippen molar-refractivity contribution in [1.82, 2.24) is 51.0 Å². The summed E-state index contributed by atoms with van der Waals surface area (Å²) in [4.78, 5) is 24.1. The second-order valence-corrected chi connectivity index (χ2v) is 11.3. The number of hydrogen-bond donors (Lipinski definition) is 6. The summed E-state index contributed by atoms with van der Waals surface area (Å²) < 4.78 is 0. The quantitative estimate of drug-likeness (QED) is 0.189. The minimum atomic E-state index is 0.635. The fourth-order valence-electron chi connectivity index (χ4n) is 5.40. The van der Waals surface area contributed by atoms with E-state index in [0.717, 1.165) is 110 Å². The van der Waals surface area contributed by atoms with Crippen molar-refractivity contribution in [1.29, 1.82) is 0 Å². The lowest BCUT2D eigenvalue weighted by molar-refractivity contribution is 0.279. The van der Waals surface area contributed by atoms with E-state index in [1.807, 2.05) is 0 Å². The lowest BCUT2D eigenvalue weighted by atomic mass is 10.2. The minimum absolute atomic E-state index is 0.635. The molecule has 5 heterocycles. The topological polar surface area (TPSA) is 158 Å². The van der Waals surface area contributed by atoms with Crippen molar-refractivity contribution in [3.05, 3.63) is 71.3 Å². The lowest BCUT2D eigenvalue weighted by Gasteiger charge is -2.22. The molecule has 0 unspecified atom stereocenters. The maximum absolute atomic E-state index is 5.91. The Bertz CT molecular complexity index is 1240. The van der Waals surface area contributed by atoms with Crippen LogP contribution in [0.5, 0.6) is 0 Å². The summed E-state index contributed by atoms with van der Waals surface area (Å²) in [5.74, 6) is 0. The van der Waals surface area contributed by atoms with E-state index in [1.54, 1.807) is 0 Å². The molecule has 12 nitrogen and oxygen atoms in total. The molecule has 1 aliphatic heterocycles. The molecule has 0 radical (unpaired) electrons. The van der Waals surface area contributed by atoms with Crippen molar-refractivity contribution in [2.45, 2.75) is 26.2 Å². The Morgan fingerprint density at radius 3 is 1.05 bits per heavy atom. The van der Waals surface area contributed by atoms with E-state index in [4.69, 9.17) is 31.4 Å². The molecule has 4 aromatic rings. The molecule has 5 rings (SSSR count). The monoisotopic (exact) mass is 600 g/mol. The molecule has 0 saturated carbocycles. The van der Waals surface area contributed by atoms with Gasteiger partial charge < -0.3 is 32.7 Å². The van der Waals surface area contributed by atoms with Crippen molar-refractivity contribution in [2.75, 3.05) is 78.5 Å². The van der Waals surface area contributed by atoms with Crippen molar-refractivity contribution >= 4 is 22.1 Å². The van der Waals surface area contributed by atoms with Crippen molar-refractivity contribution in [3.63, 3.8) is 0 Å². The summed E-state index contributed by atoms with van der Waals surface area (Å²) in [5.41, 5.74) is 17.4. The van der Waals surface area contributed by atoms with Gasteiger partial charge in [0.15, 0.2) is 11.3 Å². The highest BCUT2D eigenvalue weighted by Gasteiger charge is 2.08. The first-order chi connectivity index (χ1) is 21.7. The van der Waals surface area contributed by atoms with Crippen LogP contribution in [0.1, 0.15) is 22.8 Å². The maximum Gasteiger partial charge on any atom is 0.159 e. The molecule has 44 heavy (non-hydrogen) atoms. The highest BCUT2D eigenvalue weighted by molar-refractivity contribution is 5.75. The molecule has 6 bridgehead atoms. The highest BCUT2D eigenvalue weighted by Crippen LogP contribution is 2.13. The second kappa shape index (κ2) is 17.3. The van der Waals surface area contributed by atoms with Gasteiger partial charge in [-0.05, 0) is 48.5 Å². The van der Waals surface area contributed by atoms with E-state index in [1.165, 1.54) is 0 Å². The summed E-state index contributed by atoms with van der Waals surface area (Å²) in [6.07, 6.45) is 0. The second-order valence-electron chi connectivity index (χ2n) is 11.3. The Morgan fingerprint density at radius 1 is 0.477 bits per heavy atom. The van der Waals surface area contributed by atoms with E-state index in [0.29, 0.717) is 39.3 Å². The molecule has 0 aromatic carbocycles. The first kappa shape index (κ1) is 32.2. The number of rotatable bonds is 4. The van der Waals surface area contributed by atoms with Crippen LogP contribution in [0.3, 0.4) is 0 Å². The average molecular weight is 601 g/mol. The largest absolute Gasteiger partial charge is 0.329 e. The normalized spacial score (nSPS) is 17.9. The molecule has 0 amide bonds. The molecule has 0 atom stereocenters. The van der Waals surface area contributed by atoms with E-state index in [9.17, 15) is 0 Å². The third-order valence-corrected chi connectivity index (χ3v) is 7.87. The SMILES string of the molecule is NCCN1CCNCc2ccc3ccc(nc3n2)CNCCN(CCN)CCNCc2ccc3ccc(nc3n2)CNCC1. The van der Waals surface area contributed by atoms with Gasteiger partial charge in [0.25, 0.3) is 0 Å². The smallest absolute Gasteiger partial charge is 0.159 e. The van der Waals surface area contributed by atoms with E-state index < -0.39 is 0 Å². The number of fused-ring (bicyclic) bond motifs is 4. The fourth-order valence-corrected chi connectivity index (χ4v) is 5.40. The van der Waals surface area contributed by atoms with E-state index >= 15 is 0 Å². The van der Waals surface area contributed by atoms with Crippen LogP contribution in [0.25, 0.3) is 22.1 Å². The average Bonchev–Trinajstić information content (AvgIpc) is 3.04. The van der Waals surface area contributed by atoms with Crippen LogP contribution >= 0.6 is 0 Å². The molecule has 0 fully saturated rings. The van der Waals surface area contributed by atoms with Gasteiger partial charge in [0.2, 0.25) is 0 Å². The Morgan fingerprint density at radius 2 is 0.773 bits per heavy atom. The minimum Gasteiger partial charge on any atom is -0.329 e. The van der Waals surface area contributed by atoms with Gasteiger partial charge in [0, 0.05) is 115 Å². The number of hydrogen-bond acceptors (Lipinski definition) is 12. The van der Waals surface area contributed by atoms with Crippen molar-refractivity contribution < 1.29 is 0 Å². The summed E-state index contributed by atoms with van der Waals surface area (Å²) >= 11 is 0. The van der Waals surface area contributed by atoms with Crippen molar-refractivity contribution in [3.8, 4) is 0 Å². The molecule has 0 aliphatic carbocycles. The molecule has 12 heteroatoms. The molecule has 1 aliphatic rings. The molecule has 4 aromatic heterocycles. The number of nitrogens with one attached hydrogen (secondary N) is 4. The summed E-state index contributed by atoms with van der Waals surface area (Å²) in [6, 6.07) is 16.7. The molecule has 0 spiro atoms. The van der Waals surface area contributed by atoms with Crippen LogP contribution in [0.4, 0.5) is 0 Å². The van der Waals surface area contributed by atoms with Gasteiger partial charge in [-0.3, -0.25) is 9.80 Å². The summed E-state index contributed by atoms with van der Waals surface area (Å²) in [6.45, 7) is 12.9. The predicted octanol–water partition coefficient (Wildman–Crippen LogP) is 0.167. The third kappa shape index (κ3) is 9.91. The van der Waals surface area contributed by atoms with E-state index in [-0.39, 0.29) is 0 Å². The maximum atomic E-state index is 5.91. The molecule has 0 saturated heterocycles. The number of aromatic nitrogens is 4. The summed E-state index contributed by atoms with van der Waals surface area (Å²) in [5, 5.41) is 16.3. The van der Waals surface area contributed by atoms with Gasteiger partial charge in [-0.15, -0.1) is 0 Å². The van der Waals surface area contributed by atoms with Crippen molar-refractivity contribution in [2.24, 2.45) is 11.5 Å². The first-order valence-corrected chi connectivity index (χ1v) is 15.9. The van der Waals surface area contributed by atoms with Gasteiger partial charge in [-0.2, -0.15) is 0 Å². The lowest BCUT2D eigenvalue weighted by Crippen LogP contribution is -2.39. The molecule has 236 valence electrons. The summed E-state index contributed by atoms with van der Waals surface area (Å²) in [7, 11) is 0. The van der Waals surface area contributed by atoms with Gasteiger partial charge in [0.05, 0.1) is 22.8 Å². The Kier molecular flexibility index (Phi) is 12.7. The molecular weight excluding hydrogens is 552 g/mol. The Balaban J connectivity index is 1.24. The van der Waals surface area contributed by atoms with Gasteiger partial charge in [-0.25, -0.2) is 19.9 Å². The van der Waals surface area contributed by atoms with Crippen LogP contribution in [0.2, 0.25) is 0 Å². The molecular formula is C32H48N12. The number of nitrogens with zero attached hydrogens (tertiary/aromatic N) is 6. The first-order valence-electron chi connectivity index (χ1n) is 15.9. The Hall–Kier alpha value is -3.20. The van der Waals surface area contributed by atoms with Gasteiger partial charge >= 0.3 is 0 Å². The van der Waals surface area contributed by atoms with E-state index in [2.05, 4.69) is 79.6 Å². The van der Waals surface area contributed by atoms with Crippen LogP contribution < -0.4 is 32.7 Å².